The molecule has 2 unspecified atom stereocenters. The smallest absolute Gasteiger partial charge is 0.120 e. The van der Waals surface area contributed by atoms with Gasteiger partial charge >= 0.3 is 0 Å². The van der Waals surface area contributed by atoms with Crippen LogP contribution in [-0.4, -0.2) is 32.2 Å². The Labute approximate surface area is 87.0 Å². The van der Waals surface area contributed by atoms with Crippen molar-refractivity contribution in [2.24, 2.45) is 0 Å². The molecule has 1 rings (SSSR count). The van der Waals surface area contributed by atoms with Crippen molar-refractivity contribution < 1.29 is 4.21 Å². The summed E-state index contributed by atoms with van der Waals surface area (Å²) in [6.45, 7) is 2.83. The summed E-state index contributed by atoms with van der Waals surface area (Å²) in [5, 5.41) is 3.31. The van der Waals surface area contributed by atoms with Crippen LogP contribution < -0.4 is 5.32 Å². The highest BCUT2D eigenvalue weighted by molar-refractivity contribution is 7.84. The second-order valence-corrected chi connectivity index (χ2v) is 4.94. The van der Waals surface area contributed by atoms with E-state index in [9.17, 15) is 4.21 Å². The lowest BCUT2D eigenvalue weighted by molar-refractivity contribution is 0.525. The van der Waals surface area contributed by atoms with E-state index in [-0.39, 0.29) is 0 Å². The van der Waals surface area contributed by atoms with Crippen LogP contribution in [0, 0.1) is 0 Å². The topological polar surface area (TPSA) is 57.8 Å². The summed E-state index contributed by atoms with van der Waals surface area (Å²) in [7, 11) is -0.690. The zero-order valence-electron chi connectivity index (χ0n) is 8.62. The Kier molecular flexibility index (Phi) is 4.82. The minimum absolute atomic E-state index is 0.379. The van der Waals surface area contributed by atoms with Gasteiger partial charge in [-0.15, -0.1) is 0 Å². The number of nitrogens with one attached hydrogen (secondary N) is 2. The zero-order valence-corrected chi connectivity index (χ0v) is 9.43. The van der Waals surface area contributed by atoms with E-state index in [0.717, 1.165) is 24.5 Å². The molecular weight excluding hydrogens is 198 g/mol. The number of H-pyrrole nitrogens is 1. The third-order valence-electron chi connectivity index (χ3n) is 2.01. The van der Waals surface area contributed by atoms with Crippen LogP contribution in [0.25, 0.3) is 0 Å². The van der Waals surface area contributed by atoms with Gasteiger partial charge in [0, 0.05) is 41.2 Å². The Balaban J connectivity index is 2.15. The molecule has 0 amide bonds. The molecule has 1 aromatic heterocycles. The van der Waals surface area contributed by atoms with Gasteiger partial charge in [0.05, 0.1) is 6.54 Å². The summed E-state index contributed by atoms with van der Waals surface area (Å²) in [6.07, 6.45) is 6.22. The lowest BCUT2D eigenvalue weighted by atomic mass is 10.2. The van der Waals surface area contributed by atoms with Gasteiger partial charge in [0.2, 0.25) is 0 Å². The van der Waals surface area contributed by atoms with E-state index in [1.54, 1.807) is 12.5 Å². The Morgan fingerprint density at radius 1 is 1.71 bits per heavy atom. The molecule has 0 radical (unpaired) electrons. The molecule has 80 valence electrons. The molecule has 1 aromatic rings. The van der Waals surface area contributed by atoms with Crippen molar-refractivity contribution in [2.75, 3.05) is 12.0 Å². The Morgan fingerprint density at radius 3 is 3.07 bits per heavy atom. The molecule has 0 aliphatic heterocycles. The Hall–Kier alpha value is -0.680. The van der Waals surface area contributed by atoms with Gasteiger partial charge in [-0.05, 0) is 13.3 Å². The van der Waals surface area contributed by atoms with E-state index in [0.29, 0.717) is 6.04 Å². The molecule has 0 aromatic carbocycles. The van der Waals surface area contributed by atoms with Gasteiger partial charge in [0.25, 0.3) is 0 Å². The highest BCUT2D eigenvalue weighted by Gasteiger charge is 2.03. The van der Waals surface area contributed by atoms with Gasteiger partial charge in [0.1, 0.15) is 5.82 Å². The van der Waals surface area contributed by atoms with Crippen LogP contribution in [0.4, 0.5) is 0 Å². The monoisotopic (exact) mass is 215 g/mol. The van der Waals surface area contributed by atoms with Crippen molar-refractivity contribution in [1.29, 1.82) is 0 Å². The first-order valence-electron chi connectivity index (χ1n) is 4.70. The summed E-state index contributed by atoms with van der Waals surface area (Å²) >= 11 is 0. The van der Waals surface area contributed by atoms with Crippen molar-refractivity contribution in [3.8, 4) is 0 Å². The molecule has 5 heteroatoms. The lowest BCUT2D eigenvalue weighted by Gasteiger charge is -2.11. The average Bonchev–Trinajstić information content (AvgIpc) is 2.63. The summed E-state index contributed by atoms with van der Waals surface area (Å²) in [5.41, 5.74) is 0. The van der Waals surface area contributed by atoms with Gasteiger partial charge in [-0.3, -0.25) is 4.21 Å². The maximum atomic E-state index is 10.8. The standard InChI is InChI=1S/C9H17N3OS/c1-8(3-6-14(2)13)12-7-9-10-4-5-11-9/h4-5,8,12H,3,6-7H2,1-2H3,(H,10,11). The van der Waals surface area contributed by atoms with Crippen LogP contribution >= 0.6 is 0 Å². The molecule has 4 nitrogen and oxygen atoms in total. The molecular formula is C9H17N3OS. The first-order valence-corrected chi connectivity index (χ1v) is 6.43. The van der Waals surface area contributed by atoms with E-state index >= 15 is 0 Å². The van der Waals surface area contributed by atoms with E-state index in [2.05, 4.69) is 22.2 Å². The third kappa shape index (κ3) is 4.53. The van der Waals surface area contributed by atoms with Crippen molar-refractivity contribution in [3.63, 3.8) is 0 Å². The van der Waals surface area contributed by atoms with E-state index < -0.39 is 10.8 Å². The summed E-state index contributed by atoms with van der Waals surface area (Å²) in [4.78, 5) is 7.13. The van der Waals surface area contributed by atoms with Gasteiger partial charge in [-0.2, -0.15) is 0 Å². The van der Waals surface area contributed by atoms with Crippen LogP contribution in [0.5, 0.6) is 0 Å². The quantitative estimate of drug-likeness (QED) is 0.733. The average molecular weight is 215 g/mol. The van der Waals surface area contributed by atoms with Gasteiger partial charge in [0.15, 0.2) is 0 Å². The number of nitrogens with zero attached hydrogens (tertiary/aromatic N) is 1. The largest absolute Gasteiger partial charge is 0.348 e. The minimum Gasteiger partial charge on any atom is -0.348 e. The van der Waals surface area contributed by atoms with Crippen LogP contribution in [0.3, 0.4) is 0 Å². The van der Waals surface area contributed by atoms with Crippen molar-refractivity contribution in [1.82, 2.24) is 15.3 Å². The van der Waals surface area contributed by atoms with Gasteiger partial charge in [-0.1, -0.05) is 0 Å². The first-order chi connectivity index (χ1) is 6.68. The maximum absolute atomic E-state index is 10.8. The Morgan fingerprint density at radius 2 is 2.50 bits per heavy atom. The van der Waals surface area contributed by atoms with E-state index in [1.165, 1.54) is 0 Å². The molecule has 0 fully saturated rings. The van der Waals surface area contributed by atoms with Gasteiger partial charge < -0.3 is 10.3 Å². The van der Waals surface area contributed by atoms with Crippen molar-refractivity contribution >= 4 is 10.8 Å². The highest BCUT2D eigenvalue weighted by Crippen LogP contribution is 1.95. The normalized spacial score (nSPS) is 15.3. The maximum Gasteiger partial charge on any atom is 0.120 e. The Bertz CT molecular complexity index is 274. The molecule has 2 atom stereocenters. The summed E-state index contributed by atoms with van der Waals surface area (Å²) < 4.78 is 10.8. The second-order valence-electron chi connectivity index (χ2n) is 3.38. The summed E-state index contributed by atoms with van der Waals surface area (Å²) in [5.74, 6) is 1.70. The molecule has 0 aliphatic carbocycles. The van der Waals surface area contributed by atoms with Crippen LogP contribution in [-0.2, 0) is 17.3 Å². The fourth-order valence-electron chi connectivity index (χ4n) is 1.11. The number of rotatable bonds is 6. The fraction of sp³-hybridized carbons (Fsp3) is 0.667. The molecule has 0 aliphatic rings. The SMILES string of the molecule is CC(CCS(C)=O)NCc1ncc[nH]1. The molecule has 14 heavy (non-hydrogen) atoms. The molecule has 1 heterocycles. The van der Waals surface area contributed by atoms with Crippen LogP contribution in [0.15, 0.2) is 12.4 Å². The van der Waals surface area contributed by atoms with Crippen LogP contribution in [0.1, 0.15) is 19.2 Å². The van der Waals surface area contributed by atoms with E-state index in [4.69, 9.17) is 0 Å². The zero-order chi connectivity index (χ0) is 10.4. The molecule has 2 N–H and O–H groups in total. The van der Waals surface area contributed by atoms with E-state index in [1.807, 2.05) is 6.20 Å². The number of aromatic nitrogens is 2. The number of hydrogen-bond acceptors (Lipinski definition) is 3. The molecule has 0 saturated carbocycles. The predicted octanol–water partition coefficient (Wildman–Crippen LogP) is 0.656. The number of hydrogen-bond donors (Lipinski definition) is 2. The molecule has 0 saturated heterocycles. The predicted molar refractivity (Wildman–Crippen MR) is 58.4 cm³/mol. The molecule has 0 bridgehead atoms. The lowest BCUT2D eigenvalue weighted by Crippen LogP contribution is -2.27. The number of aromatic amines is 1. The third-order valence-corrected chi connectivity index (χ3v) is 2.82. The highest BCUT2D eigenvalue weighted by atomic mass is 32.2. The summed E-state index contributed by atoms with van der Waals surface area (Å²) in [6, 6.07) is 0.379. The van der Waals surface area contributed by atoms with Crippen LogP contribution in [0.2, 0.25) is 0 Å². The second kappa shape index (κ2) is 5.93. The van der Waals surface area contributed by atoms with Crippen molar-refractivity contribution in [2.45, 2.75) is 25.9 Å². The van der Waals surface area contributed by atoms with Crippen molar-refractivity contribution in [3.05, 3.63) is 18.2 Å². The number of imidazole rings is 1. The minimum atomic E-state index is -0.690. The fourth-order valence-corrected chi connectivity index (χ4v) is 1.80. The molecule has 0 spiro atoms. The van der Waals surface area contributed by atoms with Gasteiger partial charge in [-0.25, -0.2) is 4.98 Å². The first kappa shape index (κ1) is 11.4.